The highest BCUT2D eigenvalue weighted by molar-refractivity contribution is 7.89. The molecule has 0 heterocycles. The van der Waals surface area contributed by atoms with E-state index in [0.717, 1.165) is 33.4 Å². The quantitative estimate of drug-likeness (QED) is 0.183. The molecule has 5 rings (SSSR count). The van der Waals surface area contributed by atoms with Gasteiger partial charge in [-0.3, -0.25) is 4.31 Å². The number of rotatable bonds is 8. The highest BCUT2D eigenvalue weighted by Crippen LogP contribution is 2.39. The third-order valence-corrected chi connectivity index (χ3v) is 8.69. The third kappa shape index (κ3) is 6.14. The van der Waals surface area contributed by atoms with Crippen LogP contribution in [0.2, 0.25) is 0 Å². The molecule has 0 fully saturated rings. The van der Waals surface area contributed by atoms with Crippen molar-refractivity contribution in [2.45, 2.75) is 25.3 Å². The Morgan fingerprint density at radius 1 is 0.659 bits per heavy atom. The van der Waals surface area contributed by atoms with Gasteiger partial charge in [-0.05, 0) is 54.8 Å². The second kappa shape index (κ2) is 12.1. The van der Waals surface area contributed by atoms with Crippen molar-refractivity contribution < 1.29 is 8.42 Å². The molecule has 0 bridgehead atoms. The summed E-state index contributed by atoms with van der Waals surface area (Å²) in [6.07, 6.45) is 0. The normalized spacial score (nSPS) is 11.8. The fourth-order valence-corrected chi connectivity index (χ4v) is 6.28. The molecule has 5 heteroatoms. The van der Waals surface area contributed by atoms with Crippen LogP contribution in [0.4, 0.5) is 0 Å². The molecule has 0 amide bonds. The molecular weight excluding hydrogens is 524 g/mol. The van der Waals surface area contributed by atoms with E-state index < -0.39 is 10.0 Å². The van der Waals surface area contributed by atoms with Crippen LogP contribution in [0.25, 0.3) is 11.3 Å². The topological polar surface area (TPSA) is 61.2 Å². The summed E-state index contributed by atoms with van der Waals surface area (Å²) >= 11 is 0. The van der Waals surface area contributed by atoms with E-state index in [0.29, 0.717) is 16.8 Å². The summed E-state index contributed by atoms with van der Waals surface area (Å²) in [5.41, 5.74) is 6.99. The molecule has 0 radical (unpaired) electrons. The van der Waals surface area contributed by atoms with Crippen molar-refractivity contribution in [2.24, 2.45) is 0 Å². The first-order valence-corrected chi connectivity index (χ1v) is 14.8. The summed E-state index contributed by atoms with van der Waals surface area (Å²) in [6.45, 7) is 4.06. The zero-order valence-electron chi connectivity index (χ0n) is 23.0. The lowest BCUT2D eigenvalue weighted by Gasteiger charge is -2.30. The molecule has 0 aromatic heterocycles. The van der Waals surface area contributed by atoms with E-state index in [2.05, 4.69) is 6.07 Å². The number of hydrogen-bond acceptors (Lipinski definition) is 3. The Kier molecular flexibility index (Phi) is 8.14. The minimum Gasteiger partial charge on any atom is -0.261 e. The van der Waals surface area contributed by atoms with Crippen LogP contribution in [-0.4, -0.2) is 12.7 Å². The Morgan fingerprint density at radius 3 is 1.80 bits per heavy atom. The Labute approximate surface area is 242 Å². The predicted octanol–water partition coefficient (Wildman–Crippen LogP) is 7.98. The zero-order valence-corrected chi connectivity index (χ0v) is 23.8. The summed E-state index contributed by atoms with van der Waals surface area (Å²) in [7, 11) is -4.06. The van der Waals surface area contributed by atoms with Gasteiger partial charge in [0, 0.05) is 11.1 Å². The zero-order chi connectivity index (χ0) is 28.8. The van der Waals surface area contributed by atoms with Gasteiger partial charge in [0.2, 0.25) is 0 Å². The van der Waals surface area contributed by atoms with Gasteiger partial charge >= 0.3 is 0 Å². The maximum atomic E-state index is 14.7. The van der Waals surface area contributed by atoms with E-state index >= 15 is 0 Å². The molecular formula is C36H30N2O2S. The van der Waals surface area contributed by atoms with E-state index in [1.807, 2.05) is 117 Å². The van der Waals surface area contributed by atoms with Crippen molar-refractivity contribution >= 4 is 21.3 Å². The van der Waals surface area contributed by atoms with Crippen LogP contribution in [-0.2, 0) is 16.6 Å². The number of sulfonamides is 1. The molecule has 41 heavy (non-hydrogen) atoms. The SMILES string of the molecule is Cc1ccc(/C(=C(\c2cccc(C#N)c2)N(Cc2ccccc2)S(=O)(=O)c2ccc(C)cc2)c2ccccc2)cc1. The van der Waals surface area contributed by atoms with Crippen LogP contribution < -0.4 is 0 Å². The maximum absolute atomic E-state index is 14.7. The van der Waals surface area contributed by atoms with Crippen LogP contribution in [0.5, 0.6) is 0 Å². The standard InChI is InChI=1S/C36H30N2O2S/c1-27-16-20-32(21-17-27)35(31-13-7-4-8-14-31)36(33-15-9-12-30(24-33)25-37)38(26-29-10-5-3-6-11-29)41(39,40)34-22-18-28(2)19-23-34/h3-24H,26H2,1-2H3/b36-35+. The molecule has 0 saturated heterocycles. The number of benzene rings is 5. The summed E-state index contributed by atoms with van der Waals surface area (Å²) in [5, 5.41) is 9.79. The van der Waals surface area contributed by atoms with Gasteiger partial charge in [0.1, 0.15) is 0 Å². The van der Waals surface area contributed by atoms with Gasteiger partial charge in [-0.1, -0.05) is 120 Å². The summed E-state index contributed by atoms with van der Waals surface area (Å²) in [5.74, 6) is 0. The average Bonchev–Trinajstić information content (AvgIpc) is 3.01. The molecule has 4 nitrogen and oxygen atoms in total. The van der Waals surface area contributed by atoms with Gasteiger partial charge in [0.05, 0.1) is 28.8 Å². The van der Waals surface area contributed by atoms with Gasteiger partial charge in [-0.2, -0.15) is 5.26 Å². The molecule has 0 unspecified atom stereocenters. The Bertz CT molecular complexity index is 1820. The molecule has 0 aliphatic rings. The first kappa shape index (κ1) is 27.6. The highest BCUT2D eigenvalue weighted by Gasteiger charge is 2.31. The van der Waals surface area contributed by atoms with E-state index in [-0.39, 0.29) is 11.4 Å². The van der Waals surface area contributed by atoms with Crippen molar-refractivity contribution in [1.82, 2.24) is 4.31 Å². The van der Waals surface area contributed by atoms with E-state index in [9.17, 15) is 13.7 Å². The first-order valence-electron chi connectivity index (χ1n) is 13.4. The first-order chi connectivity index (χ1) is 19.9. The Morgan fingerprint density at radius 2 is 1.20 bits per heavy atom. The monoisotopic (exact) mass is 554 g/mol. The van der Waals surface area contributed by atoms with Crippen LogP contribution in [0, 0.1) is 25.2 Å². The summed E-state index contributed by atoms with van der Waals surface area (Å²) in [4.78, 5) is 0.198. The molecule has 0 N–H and O–H groups in total. The predicted molar refractivity (Wildman–Crippen MR) is 165 cm³/mol. The highest BCUT2D eigenvalue weighted by atomic mass is 32.2. The lowest BCUT2D eigenvalue weighted by Crippen LogP contribution is -2.30. The molecule has 0 spiro atoms. The van der Waals surface area contributed by atoms with E-state index in [4.69, 9.17) is 0 Å². The van der Waals surface area contributed by atoms with Gasteiger partial charge in [0.15, 0.2) is 0 Å². The van der Waals surface area contributed by atoms with Crippen LogP contribution in [0.15, 0.2) is 138 Å². The van der Waals surface area contributed by atoms with E-state index in [1.165, 1.54) is 4.31 Å². The molecule has 202 valence electrons. The molecule has 5 aromatic carbocycles. The van der Waals surface area contributed by atoms with Crippen molar-refractivity contribution in [1.29, 1.82) is 5.26 Å². The van der Waals surface area contributed by atoms with Gasteiger partial charge in [0.25, 0.3) is 10.0 Å². The van der Waals surface area contributed by atoms with Crippen molar-refractivity contribution in [3.63, 3.8) is 0 Å². The number of aryl methyl sites for hydroxylation is 2. The van der Waals surface area contributed by atoms with Gasteiger partial charge < -0.3 is 0 Å². The van der Waals surface area contributed by atoms with E-state index in [1.54, 1.807) is 30.3 Å². The largest absolute Gasteiger partial charge is 0.264 e. The lowest BCUT2D eigenvalue weighted by molar-refractivity contribution is 0.508. The molecule has 0 atom stereocenters. The lowest BCUT2D eigenvalue weighted by atomic mass is 9.92. The number of hydrogen-bond donors (Lipinski definition) is 0. The summed E-state index contributed by atoms with van der Waals surface area (Å²) < 4.78 is 30.8. The second-order valence-electron chi connectivity index (χ2n) is 9.96. The minimum absolute atomic E-state index is 0.103. The van der Waals surface area contributed by atoms with Crippen LogP contribution in [0.1, 0.15) is 38.9 Å². The van der Waals surface area contributed by atoms with Crippen LogP contribution in [0.3, 0.4) is 0 Å². The van der Waals surface area contributed by atoms with Gasteiger partial charge in [-0.25, -0.2) is 8.42 Å². The number of nitriles is 1. The Balaban J connectivity index is 1.91. The Hall–Kier alpha value is -4.92. The molecule has 0 saturated carbocycles. The minimum atomic E-state index is -4.06. The van der Waals surface area contributed by atoms with Crippen molar-refractivity contribution in [2.75, 3.05) is 0 Å². The third-order valence-electron chi connectivity index (χ3n) is 6.93. The second-order valence-corrected chi connectivity index (χ2v) is 11.8. The smallest absolute Gasteiger partial charge is 0.261 e. The summed E-state index contributed by atoms with van der Waals surface area (Å²) in [6, 6.07) is 43.8. The van der Waals surface area contributed by atoms with Crippen molar-refractivity contribution in [3.8, 4) is 6.07 Å². The number of nitrogens with zero attached hydrogens (tertiary/aromatic N) is 2. The average molecular weight is 555 g/mol. The van der Waals surface area contributed by atoms with Crippen LogP contribution >= 0.6 is 0 Å². The van der Waals surface area contributed by atoms with Gasteiger partial charge in [-0.15, -0.1) is 0 Å². The maximum Gasteiger partial charge on any atom is 0.264 e. The fraction of sp³-hybridized carbons (Fsp3) is 0.0833. The molecule has 0 aliphatic carbocycles. The van der Waals surface area contributed by atoms with Crippen molar-refractivity contribution in [3.05, 3.63) is 172 Å². The molecule has 0 aliphatic heterocycles. The molecule has 5 aromatic rings. The fourth-order valence-electron chi connectivity index (χ4n) is 4.79.